The van der Waals surface area contributed by atoms with Gasteiger partial charge in [-0.05, 0) is 17.7 Å². The number of aryl methyl sites for hydroxylation is 1. The molecule has 6 aromatic carbocycles. The summed E-state index contributed by atoms with van der Waals surface area (Å²) < 4.78 is 304. The topological polar surface area (TPSA) is 20.2 Å². The molecule has 0 aromatic heterocycles. The first-order valence-corrected chi connectivity index (χ1v) is 17.6. The van der Waals surface area contributed by atoms with E-state index < -0.39 is 156 Å². The molecule has 0 spiro atoms. The molecule has 0 fully saturated rings. The summed E-state index contributed by atoms with van der Waals surface area (Å²) in [6, 6.07) is 20.1. The van der Waals surface area contributed by atoms with Crippen LogP contribution in [0.5, 0.6) is 0 Å². The zero-order valence-electron chi connectivity index (χ0n) is 29.2. The molecule has 0 aliphatic heterocycles. The molecule has 6 rings (SSSR count). The SMILES string of the molecule is Fc1c(F)c(F)c([B-](c2c(F)c(F)c(F)c(F)c2F)(c2c(F)c(F)c(F)c(F)c2F)c2c(F)c(F)c(F)c(F)c2F)c(F)c1F.O[S+](CCc1ccccc1)c1ccccc1. The number of benzene rings is 6. The van der Waals surface area contributed by atoms with Gasteiger partial charge in [-0.2, -0.15) is 4.55 Å². The van der Waals surface area contributed by atoms with E-state index in [0.717, 1.165) is 17.1 Å². The van der Waals surface area contributed by atoms with Gasteiger partial charge in [-0.25, -0.2) is 87.8 Å². The molecule has 61 heavy (non-hydrogen) atoms. The van der Waals surface area contributed by atoms with Crippen LogP contribution in [0, 0.1) is 116 Å². The van der Waals surface area contributed by atoms with Crippen molar-refractivity contribution in [3.63, 3.8) is 0 Å². The van der Waals surface area contributed by atoms with E-state index in [4.69, 9.17) is 0 Å². The minimum absolute atomic E-state index is 0.634. The van der Waals surface area contributed by atoms with Crippen molar-refractivity contribution in [3.8, 4) is 0 Å². The van der Waals surface area contributed by atoms with Crippen molar-refractivity contribution in [2.24, 2.45) is 0 Å². The van der Waals surface area contributed by atoms with E-state index in [9.17, 15) is 57.2 Å². The molecule has 0 bridgehead atoms. The zero-order chi connectivity index (χ0) is 45.6. The van der Waals surface area contributed by atoms with Crippen LogP contribution in [0.4, 0.5) is 87.8 Å². The van der Waals surface area contributed by atoms with Crippen molar-refractivity contribution in [3.05, 3.63) is 183 Å². The standard InChI is InChI=1S/C24BF20.C14H15OS/c26-5-1(6(27)14(35)21(42)13(5)34)25(2-7(28)15(36)22(43)16(37)8(2)29,3-9(30)17(38)23(44)18(39)10(3)31)4-11(32)19(40)24(45)20(41)12(4)33;15-16(14-9-5-2-6-10-14)12-11-13-7-3-1-4-8-13/h;1-10,15H,11-12H2/q-1;+1. The maximum Gasteiger partial charge on any atom is 0.200 e. The van der Waals surface area contributed by atoms with Gasteiger partial charge in [0.05, 0.1) is 0 Å². The summed E-state index contributed by atoms with van der Waals surface area (Å²) in [6.45, 7) is 0. The Morgan fingerprint density at radius 3 is 0.770 bits per heavy atom. The van der Waals surface area contributed by atoms with Crippen molar-refractivity contribution in [1.29, 1.82) is 0 Å². The summed E-state index contributed by atoms with van der Waals surface area (Å²) in [5, 5.41) is 0. The Morgan fingerprint density at radius 1 is 0.311 bits per heavy atom. The van der Waals surface area contributed by atoms with Gasteiger partial charge in [-0.3, -0.25) is 0 Å². The Balaban J connectivity index is 0.000000366. The zero-order valence-corrected chi connectivity index (χ0v) is 30.0. The summed E-state index contributed by atoms with van der Waals surface area (Å²) >= 11 is -0.634. The molecule has 0 aliphatic carbocycles. The first-order valence-electron chi connectivity index (χ1n) is 16.3. The monoisotopic (exact) mass is 910 g/mol. The normalized spacial score (nSPS) is 12.1. The molecule has 0 heterocycles. The average molecular weight is 910 g/mol. The molecule has 322 valence electrons. The van der Waals surface area contributed by atoms with E-state index in [1.807, 2.05) is 48.5 Å². The highest BCUT2D eigenvalue weighted by Crippen LogP contribution is 2.31. The van der Waals surface area contributed by atoms with Gasteiger partial charge >= 0.3 is 0 Å². The molecule has 0 saturated heterocycles. The number of hydrogen-bond acceptors (Lipinski definition) is 1. The number of hydrogen-bond donors (Lipinski definition) is 1. The Kier molecular flexibility index (Phi) is 13.5. The van der Waals surface area contributed by atoms with Crippen molar-refractivity contribution < 1.29 is 92.4 Å². The fourth-order valence-electron chi connectivity index (χ4n) is 6.43. The fraction of sp³-hybridized carbons (Fsp3) is 0.0526. The van der Waals surface area contributed by atoms with Crippen LogP contribution in [-0.4, -0.2) is 16.5 Å². The lowest BCUT2D eigenvalue weighted by Gasteiger charge is -2.44. The van der Waals surface area contributed by atoms with E-state index in [0.29, 0.717) is 0 Å². The van der Waals surface area contributed by atoms with E-state index in [1.165, 1.54) is 5.56 Å². The van der Waals surface area contributed by atoms with Crippen LogP contribution < -0.4 is 21.9 Å². The van der Waals surface area contributed by atoms with Gasteiger partial charge in [0.2, 0.25) is 0 Å². The quantitative estimate of drug-likeness (QED) is 0.0532. The largest absolute Gasteiger partial charge is 0.207 e. The molecule has 23 heteroatoms. The second-order valence-electron chi connectivity index (χ2n) is 12.4. The van der Waals surface area contributed by atoms with E-state index >= 15 is 35.1 Å². The van der Waals surface area contributed by atoms with Crippen molar-refractivity contribution in [2.45, 2.75) is 11.3 Å². The van der Waals surface area contributed by atoms with Gasteiger partial charge in [0.1, 0.15) is 52.7 Å². The van der Waals surface area contributed by atoms with Gasteiger partial charge in [0, 0.05) is 6.42 Å². The van der Waals surface area contributed by atoms with Gasteiger partial charge in [0.25, 0.3) is 0 Å². The second-order valence-corrected chi connectivity index (χ2v) is 14.0. The minimum atomic E-state index is -7.22. The fourth-order valence-corrected chi connectivity index (χ4v) is 7.56. The van der Waals surface area contributed by atoms with E-state index in [1.54, 1.807) is 0 Å². The third-order valence-corrected chi connectivity index (χ3v) is 10.6. The number of rotatable bonds is 8. The number of halogens is 20. The molecule has 1 atom stereocenters. The van der Waals surface area contributed by atoms with Gasteiger partial charge in [-0.15, -0.1) is 21.9 Å². The van der Waals surface area contributed by atoms with Crippen LogP contribution in [-0.2, 0) is 17.6 Å². The maximum absolute atomic E-state index is 15.4. The predicted molar refractivity (Wildman–Crippen MR) is 179 cm³/mol. The van der Waals surface area contributed by atoms with Gasteiger partial charge in [-0.1, -0.05) is 48.5 Å². The lowest BCUT2D eigenvalue weighted by Crippen LogP contribution is -2.81. The van der Waals surface area contributed by atoms with Gasteiger partial charge in [0.15, 0.2) is 91.6 Å². The molecule has 1 N–H and O–H groups in total. The molecular formula is C38H15BF20OS. The molecular weight excluding hydrogens is 895 g/mol. The third kappa shape index (κ3) is 7.65. The Morgan fingerprint density at radius 2 is 0.525 bits per heavy atom. The summed E-state index contributed by atoms with van der Waals surface area (Å²) in [5.41, 5.74) is -13.0. The highest BCUT2D eigenvalue weighted by molar-refractivity contribution is 7.91. The minimum Gasteiger partial charge on any atom is -0.207 e. The lowest BCUT2D eigenvalue weighted by molar-refractivity contribution is 0.378. The average Bonchev–Trinajstić information content (AvgIpc) is 3.26. The van der Waals surface area contributed by atoms with Crippen LogP contribution in [0.15, 0.2) is 65.6 Å². The first-order chi connectivity index (χ1) is 28.6. The van der Waals surface area contributed by atoms with Crippen LogP contribution in [0.25, 0.3) is 0 Å². The van der Waals surface area contributed by atoms with Crippen LogP contribution in [0.2, 0.25) is 0 Å². The van der Waals surface area contributed by atoms with E-state index in [-0.39, 0.29) is 0 Å². The van der Waals surface area contributed by atoms with Crippen molar-refractivity contribution in [1.82, 2.24) is 0 Å². The molecule has 0 saturated carbocycles. The Bertz CT molecular complexity index is 2280. The highest BCUT2D eigenvalue weighted by Gasteiger charge is 2.52. The molecule has 0 amide bonds. The lowest BCUT2D eigenvalue weighted by atomic mass is 9.12. The molecule has 1 nitrogen and oxygen atoms in total. The van der Waals surface area contributed by atoms with Crippen LogP contribution in [0.1, 0.15) is 5.56 Å². The highest BCUT2D eigenvalue weighted by atomic mass is 32.2. The van der Waals surface area contributed by atoms with Crippen LogP contribution in [0.3, 0.4) is 0 Å². The molecule has 0 aliphatic rings. The van der Waals surface area contributed by atoms with Gasteiger partial charge < -0.3 is 0 Å². The Hall–Kier alpha value is -5.71. The molecule has 6 aromatic rings. The summed E-state index contributed by atoms with van der Waals surface area (Å²) in [5.74, 6) is -70.6. The third-order valence-electron chi connectivity index (χ3n) is 9.15. The van der Waals surface area contributed by atoms with Crippen LogP contribution >= 0.6 is 0 Å². The summed E-state index contributed by atoms with van der Waals surface area (Å²) in [6.07, 6.45) is -6.29. The first kappa shape index (κ1) is 46.4. The predicted octanol–water partition coefficient (Wildman–Crippen LogP) is 9.23. The Labute approximate surface area is 331 Å². The summed E-state index contributed by atoms with van der Waals surface area (Å²) in [7, 11) is 0. The smallest absolute Gasteiger partial charge is 0.200 e. The summed E-state index contributed by atoms with van der Waals surface area (Å²) in [4.78, 5) is 1.03. The van der Waals surface area contributed by atoms with Crippen molar-refractivity contribution in [2.75, 3.05) is 5.75 Å². The molecule has 0 radical (unpaired) electrons. The molecule has 1 unspecified atom stereocenters. The van der Waals surface area contributed by atoms with Crippen molar-refractivity contribution >= 4 is 39.2 Å². The maximum atomic E-state index is 15.4. The van der Waals surface area contributed by atoms with E-state index in [2.05, 4.69) is 12.1 Å². The second kappa shape index (κ2) is 17.7.